The Labute approximate surface area is 119 Å². The third-order valence-electron chi connectivity index (χ3n) is 2.65. The van der Waals surface area contributed by atoms with Gasteiger partial charge in [-0.25, -0.2) is 4.39 Å². The van der Waals surface area contributed by atoms with E-state index in [9.17, 15) is 4.39 Å². The van der Waals surface area contributed by atoms with Gasteiger partial charge in [0, 0.05) is 15.5 Å². The van der Waals surface area contributed by atoms with Crippen LogP contribution in [0.2, 0.25) is 5.02 Å². The lowest BCUT2D eigenvalue weighted by molar-refractivity contribution is 0.627. The van der Waals surface area contributed by atoms with E-state index in [4.69, 9.17) is 11.6 Å². The van der Waals surface area contributed by atoms with Crippen LogP contribution in [0.25, 0.3) is 0 Å². The molecule has 1 unspecified atom stereocenters. The summed E-state index contributed by atoms with van der Waals surface area (Å²) in [7, 11) is 0. The van der Waals surface area contributed by atoms with Crippen molar-refractivity contribution in [2.24, 2.45) is 0 Å². The molecule has 0 aliphatic rings. The number of hydrogen-bond acceptors (Lipinski definition) is 1. The van der Waals surface area contributed by atoms with Gasteiger partial charge in [0.2, 0.25) is 0 Å². The molecule has 0 bridgehead atoms. The lowest BCUT2D eigenvalue weighted by atomic mass is 10.1. The van der Waals surface area contributed by atoms with E-state index in [-0.39, 0.29) is 11.9 Å². The Morgan fingerprint density at radius 3 is 2.72 bits per heavy atom. The van der Waals surface area contributed by atoms with Crippen molar-refractivity contribution in [2.75, 3.05) is 5.32 Å². The van der Waals surface area contributed by atoms with Gasteiger partial charge in [0.15, 0.2) is 0 Å². The Kier molecular flexibility index (Phi) is 4.25. The average molecular weight is 329 g/mol. The Morgan fingerprint density at radius 2 is 2.00 bits per heavy atom. The summed E-state index contributed by atoms with van der Waals surface area (Å²) in [6, 6.07) is 12.4. The van der Waals surface area contributed by atoms with Crippen molar-refractivity contribution in [2.45, 2.75) is 13.0 Å². The van der Waals surface area contributed by atoms with Crippen molar-refractivity contribution >= 4 is 33.2 Å². The fraction of sp³-hybridized carbons (Fsp3) is 0.143. The molecule has 0 spiro atoms. The summed E-state index contributed by atoms with van der Waals surface area (Å²) >= 11 is 9.28. The Morgan fingerprint density at radius 1 is 1.22 bits per heavy atom. The quantitative estimate of drug-likeness (QED) is 0.794. The van der Waals surface area contributed by atoms with Crippen molar-refractivity contribution in [1.29, 1.82) is 0 Å². The fourth-order valence-corrected chi connectivity index (χ4v) is 2.29. The Balaban J connectivity index is 2.21. The number of rotatable bonds is 3. The van der Waals surface area contributed by atoms with E-state index in [1.54, 1.807) is 6.07 Å². The lowest BCUT2D eigenvalue weighted by Crippen LogP contribution is -2.07. The predicted molar refractivity (Wildman–Crippen MR) is 77.6 cm³/mol. The summed E-state index contributed by atoms with van der Waals surface area (Å²) < 4.78 is 14.6. The van der Waals surface area contributed by atoms with E-state index < -0.39 is 0 Å². The topological polar surface area (TPSA) is 12.0 Å². The number of benzene rings is 2. The summed E-state index contributed by atoms with van der Waals surface area (Å²) in [6.45, 7) is 1.97. The standard InChI is InChI=1S/C14H12BrClFN/c1-9(10-3-2-4-11(15)7-10)18-14-8-12(16)5-6-13(14)17/h2-9,18H,1H3. The summed E-state index contributed by atoms with van der Waals surface area (Å²) in [5, 5.41) is 3.63. The minimum Gasteiger partial charge on any atom is -0.376 e. The van der Waals surface area contributed by atoms with Crippen LogP contribution < -0.4 is 5.32 Å². The fourth-order valence-electron chi connectivity index (χ4n) is 1.70. The molecule has 0 fully saturated rings. The molecule has 0 aliphatic heterocycles. The van der Waals surface area contributed by atoms with Gasteiger partial charge in [0.05, 0.1) is 5.69 Å². The van der Waals surface area contributed by atoms with Crippen molar-refractivity contribution in [1.82, 2.24) is 0 Å². The second kappa shape index (κ2) is 5.72. The first-order valence-electron chi connectivity index (χ1n) is 5.53. The van der Waals surface area contributed by atoms with E-state index in [1.807, 2.05) is 31.2 Å². The number of anilines is 1. The Bertz CT molecular complexity index is 559. The molecule has 94 valence electrons. The highest BCUT2D eigenvalue weighted by molar-refractivity contribution is 9.10. The SMILES string of the molecule is CC(Nc1cc(Cl)ccc1F)c1cccc(Br)c1. The molecule has 1 nitrogen and oxygen atoms in total. The first kappa shape index (κ1) is 13.4. The molecule has 1 N–H and O–H groups in total. The normalized spacial score (nSPS) is 12.2. The summed E-state index contributed by atoms with van der Waals surface area (Å²) in [5.74, 6) is -0.304. The maximum atomic E-state index is 13.6. The third kappa shape index (κ3) is 3.24. The van der Waals surface area contributed by atoms with Crippen LogP contribution in [0, 0.1) is 5.82 Å². The molecule has 0 aromatic heterocycles. The van der Waals surface area contributed by atoms with Crippen LogP contribution in [0.1, 0.15) is 18.5 Å². The molecular formula is C14H12BrClFN. The molecule has 0 saturated carbocycles. The second-order valence-electron chi connectivity index (χ2n) is 4.05. The summed E-state index contributed by atoms with van der Waals surface area (Å²) in [5.41, 5.74) is 1.48. The summed E-state index contributed by atoms with van der Waals surface area (Å²) in [6.07, 6.45) is 0. The zero-order chi connectivity index (χ0) is 13.1. The van der Waals surface area contributed by atoms with Crippen LogP contribution in [-0.2, 0) is 0 Å². The molecule has 1 atom stereocenters. The highest BCUT2D eigenvalue weighted by Gasteiger charge is 2.09. The molecule has 0 amide bonds. The molecule has 0 aliphatic carbocycles. The molecular weight excluding hydrogens is 317 g/mol. The van der Waals surface area contributed by atoms with Gasteiger partial charge in [-0.3, -0.25) is 0 Å². The minimum atomic E-state index is -0.304. The minimum absolute atomic E-state index is 0.00420. The van der Waals surface area contributed by atoms with Crippen LogP contribution in [0.15, 0.2) is 46.9 Å². The van der Waals surface area contributed by atoms with Gasteiger partial charge in [-0.2, -0.15) is 0 Å². The highest BCUT2D eigenvalue weighted by Crippen LogP contribution is 2.25. The lowest BCUT2D eigenvalue weighted by Gasteiger charge is -2.16. The van der Waals surface area contributed by atoms with Crippen molar-refractivity contribution < 1.29 is 4.39 Å². The van der Waals surface area contributed by atoms with E-state index in [0.717, 1.165) is 10.0 Å². The molecule has 0 radical (unpaired) electrons. The van der Waals surface area contributed by atoms with E-state index >= 15 is 0 Å². The van der Waals surface area contributed by atoms with Gasteiger partial charge in [-0.1, -0.05) is 39.7 Å². The zero-order valence-electron chi connectivity index (χ0n) is 9.75. The summed E-state index contributed by atoms with van der Waals surface area (Å²) in [4.78, 5) is 0. The predicted octanol–water partition coefficient (Wildman–Crippen LogP) is 5.41. The monoisotopic (exact) mass is 327 g/mol. The van der Waals surface area contributed by atoms with Crippen LogP contribution in [0.5, 0.6) is 0 Å². The first-order valence-corrected chi connectivity index (χ1v) is 6.70. The van der Waals surface area contributed by atoms with E-state index in [1.165, 1.54) is 12.1 Å². The number of hydrogen-bond donors (Lipinski definition) is 1. The van der Waals surface area contributed by atoms with Crippen molar-refractivity contribution in [3.05, 3.63) is 63.3 Å². The van der Waals surface area contributed by atoms with E-state index in [2.05, 4.69) is 21.2 Å². The van der Waals surface area contributed by atoms with Crippen LogP contribution in [0.4, 0.5) is 10.1 Å². The van der Waals surface area contributed by atoms with Crippen molar-refractivity contribution in [3.63, 3.8) is 0 Å². The van der Waals surface area contributed by atoms with Crippen molar-refractivity contribution in [3.8, 4) is 0 Å². The van der Waals surface area contributed by atoms with Gasteiger partial charge in [-0.05, 0) is 42.8 Å². The zero-order valence-corrected chi connectivity index (χ0v) is 12.1. The molecule has 2 aromatic rings. The van der Waals surface area contributed by atoms with Gasteiger partial charge in [0.1, 0.15) is 5.82 Å². The molecule has 4 heteroatoms. The average Bonchev–Trinajstić information content (AvgIpc) is 2.34. The van der Waals surface area contributed by atoms with Crippen LogP contribution in [0.3, 0.4) is 0 Å². The maximum absolute atomic E-state index is 13.6. The highest BCUT2D eigenvalue weighted by atomic mass is 79.9. The largest absolute Gasteiger partial charge is 0.376 e. The Hall–Kier alpha value is -1.06. The van der Waals surface area contributed by atoms with E-state index in [0.29, 0.717) is 10.7 Å². The smallest absolute Gasteiger partial charge is 0.146 e. The molecule has 2 aromatic carbocycles. The van der Waals surface area contributed by atoms with Gasteiger partial charge in [-0.15, -0.1) is 0 Å². The van der Waals surface area contributed by atoms with Crippen LogP contribution >= 0.6 is 27.5 Å². The first-order chi connectivity index (χ1) is 8.56. The molecule has 0 saturated heterocycles. The van der Waals surface area contributed by atoms with Crippen LogP contribution in [-0.4, -0.2) is 0 Å². The maximum Gasteiger partial charge on any atom is 0.146 e. The molecule has 0 heterocycles. The van der Waals surface area contributed by atoms with Gasteiger partial charge >= 0.3 is 0 Å². The molecule has 18 heavy (non-hydrogen) atoms. The second-order valence-corrected chi connectivity index (χ2v) is 5.40. The van der Waals surface area contributed by atoms with Gasteiger partial charge in [0.25, 0.3) is 0 Å². The molecule has 2 rings (SSSR count). The number of nitrogens with one attached hydrogen (secondary N) is 1. The third-order valence-corrected chi connectivity index (χ3v) is 3.38. The number of halogens is 3. The van der Waals surface area contributed by atoms with Gasteiger partial charge < -0.3 is 5.32 Å².